The zero-order valence-electron chi connectivity index (χ0n) is 4.91. The molecule has 0 rings (SSSR count). The molecule has 4 heteroatoms. The molecule has 0 saturated carbocycles. The van der Waals surface area contributed by atoms with E-state index in [1.165, 1.54) is 0 Å². The second-order valence-electron chi connectivity index (χ2n) is 0.908. The van der Waals surface area contributed by atoms with Crippen LogP contribution in [0.1, 0.15) is 0 Å². The van der Waals surface area contributed by atoms with Gasteiger partial charge in [-0.3, -0.25) is 0 Å². The second kappa shape index (κ2) is 11.3. The van der Waals surface area contributed by atoms with Gasteiger partial charge in [0.05, 0.1) is 0 Å². The zero-order valence-corrected chi connectivity index (χ0v) is 12.2. The van der Waals surface area contributed by atoms with E-state index in [1.807, 2.05) is 0 Å². The van der Waals surface area contributed by atoms with E-state index in [-0.39, 0.29) is 103 Å². The van der Waals surface area contributed by atoms with Crippen LogP contribution in [-0.4, -0.2) is 9.04 Å². The third-order valence-electron chi connectivity index (χ3n) is 0. The van der Waals surface area contributed by atoms with Gasteiger partial charge in [-0.25, -0.2) is 13.1 Å². The fourth-order valence-corrected chi connectivity index (χ4v) is 0. The first-order valence-corrected chi connectivity index (χ1v) is 3.61. The van der Waals surface area contributed by atoms with Crippen LogP contribution in [0.5, 0.6) is 0 Å². The van der Waals surface area contributed by atoms with Crippen LogP contribution in [0.15, 0.2) is 0 Å². The van der Waals surface area contributed by atoms with Crippen molar-refractivity contribution in [3.8, 4) is 0 Å². The van der Waals surface area contributed by atoms with Gasteiger partial charge < -0.3 is 13.8 Å². The number of hydrogen-bond donors (Lipinski definition) is 0. The molecule has 0 atom stereocenters. The second-order valence-corrected chi connectivity index (χ2v) is 2.72. The first-order valence-electron chi connectivity index (χ1n) is 1.20. The smallest absolute Gasteiger partial charge is 1.00 e. The molecule has 0 spiro atoms. The summed E-state index contributed by atoms with van der Waals surface area (Å²) in [7, 11) is -1.13. The summed E-state index contributed by atoms with van der Waals surface area (Å²) in [5.41, 5.74) is 0. The van der Waals surface area contributed by atoms with Crippen LogP contribution in [0.3, 0.4) is 0 Å². The molecule has 0 heterocycles. The van der Waals surface area contributed by atoms with Crippen molar-refractivity contribution in [2.24, 2.45) is 0 Å². The Hall–Kier alpha value is 3.45. The van der Waals surface area contributed by atoms with Crippen LogP contribution in [0.4, 0.5) is 0 Å². The van der Waals surface area contributed by atoms with Gasteiger partial charge in [0.2, 0.25) is 0 Å². The molecule has 0 aromatic carbocycles. The molecule has 26 valence electrons. The number of hydrogen-bond acceptors (Lipinski definition) is 1. The van der Waals surface area contributed by atoms with Crippen molar-refractivity contribution in [2.45, 2.75) is 13.1 Å². The van der Waals surface area contributed by atoms with Crippen molar-refractivity contribution in [2.75, 3.05) is 0 Å². The molecular formula is C2H6K2OSi. The van der Waals surface area contributed by atoms with Crippen molar-refractivity contribution in [3.05, 3.63) is 0 Å². The van der Waals surface area contributed by atoms with E-state index in [4.69, 9.17) is 0 Å². The maximum atomic E-state index is 9.63. The summed E-state index contributed by atoms with van der Waals surface area (Å²) in [4.78, 5) is 9.63. The van der Waals surface area contributed by atoms with Crippen LogP contribution < -0.4 is 108 Å². The molecule has 0 aromatic rings. The van der Waals surface area contributed by atoms with Crippen molar-refractivity contribution in [1.82, 2.24) is 0 Å². The minimum atomic E-state index is -1.13. The Balaban J connectivity index is -0.0000000450. The van der Waals surface area contributed by atoms with Gasteiger partial charge in [-0.05, 0) is 0 Å². The Bertz CT molecular complexity index is 16.3. The van der Waals surface area contributed by atoms with E-state index in [0.29, 0.717) is 0 Å². The van der Waals surface area contributed by atoms with Crippen molar-refractivity contribution in [1.29, 1.82) is 0 Å². The SMILES string of the molecule is C[Si-](C)[O-].[K+].[K+]. The molecule has 0 aliphatic rings. The summed E-state index contributed by atoms with van der Waals surface area (Å²) in [6, 6.07) is 0. The summed E-state index contributed by atoms with van der Waals surface area (Å²) in [6.45, 7) is 3.43. The van der Waals surface area contributed by atoms with Crippen LogP contribution in [0, 0.1) is 0 Å². The molecule has 0 unspecified atom stereocenters. The maximum Gasteiger partial charge on any atom is 1.00 e. The van der Waals surface area contributed by atoms with Crippen molar-refractivity contribution < 1.29 is 108 Å². The largest absolute Gasteiger partial charge is 1.01 e. The van der Waals surface area contributed by atoms with Crippen LogP contribution in [0.25, 0.3) is 0 Å². The van der Waals surface area contributed by atoms with E-state index in [0.717, 1.165) is 0 Å². The molecule has 0 N–H and O–H groups in total. The van der Waals surface area contributed by atoms with E-state index in [2.05, 4.69) is 0 Å². The van der Waals surface area contributed by atoms with Gasteiger partial charge in [-0.1, -0.05) is 0 Å². The summed E-state index contributed by atoms with van der Waals surface area (Å²) in [6.07, 6.45) is 0. The first-order chi connectivity index (χ1) is 1.73. The molecule has 1 nitrogen and oxygen atoms in total. The Labute approximate surface area is 126 Å². The maximum absolute atomic E-state index is 9.63. The monoisotopic (exact) mass is 152 g/mol. The minimum absolute atomic E-state index is 0. The van der Waals surface area contributed by atoms with Gasteiger partial charge in [0.1, 0.15) is 0 Å². The van der Waals surface area contributed by atoms with Gasteiger partial charge >= 0.3 is 103 Å². The topological polar surface area (TPSA) is 23.1 Å². The Kier molecular flexibility index (Phi) is 30.5. The molecule has 0 saturated heterocycles. The summed E-state index contributed by atoms with van der Waals surface area (Å²) < 4.78 is 0. The molecule has 0 bridgehead atoms. The van der Waals surface area contributed by atoms with Crippen molar-refractivity contribution in [3.63, 3.8) is 0 Å². The van der Waals surface area contributed by atoms with Gasteiger partial charge in [0.15, 0.2) is 0 Å². The van der Waals surface area contributed by atoms with Crippen LogP contribution in [-0.2, 0) is 0 Å². The standard InChI is InChI=1S/C2H6OSi.2K/c1-4(2)3;;/h1-2H3;;/q-2;2*+1. The van der Waals surface area contributed by atoms with E-state index in [9.17, 15) is 4.80 Å². The quantitative estimate of drug-likeness (QED) is 0.317. The van der Waals surface area contributed by atoms with Crippen LogP contribution in [0.2, 0.25) is 13.1 Å². The summed E-state index contributed by atoms with van der Waals surface area (Å²) >= 11 is 0. The van der Waals surface area contributed by atoms with Gasteiger partial charge in [0, 0.05) is 0 Å². The normalized spacial score (nSPS) is 6.00. The molecule has 0 aromatic heterocycles. The summed E-state index contributed by atoms with van der Waals surface area (Å²) in [5, 5.41) is 0. The fraction of sp³-hybridized carbons (Fsp3) is 1.00. The van der Waals surface area contributed by atoms with E-state index in [1.54, 1.807) is 13.1 Å². The van der Waals surface area contributed by atoms with Gasteiger partial charge in [-0.2, -0.15) is 0 Å². The Morgan fingerprint density at radius 1 is 1.17 bits per heavy atom. The molecule has 6 heavy (non-hydrogen) atoms. The third-order valence-corrected chi connectivity index (χ3v) is 0. The fourth-order valence-electron chi connectivity index (χ4n) is 0. The molecular weight excluding hydrogens is 146 g/mol. The minimum Gasteiger partial charge on any atom is -1.01 e. The molecule has 0 fully saturated rings. The average Bonchev–Trinajstić information content (AvgIpc) is 0.811. The van der Waals surface area contributed by atoms with Gasteiger partial charge in [-0.15, -0.1) is 0 Å². The Morgan fingerprint density at radius 3 is 1.17 bits per heavy atom. The predicted octanol–water partition coefficient (Wildman–Crippen LogP) is -6.39. The summed E-state index contributed by atoms with van der Waals surface area (Å²) in [5.74, 6) is 0. The average molecular weight is 152 g/mol. The Morgan fingerprint density at radius 2 is 1.17 bits per heavy atom. The van der Waals surface area contributed by atoms with Crippen LogP contribution >= 0.6 is 0 Å². The van der Waals surface area contributed by atoms with E-state index < -0.39 is 9.04 Å². The van der Waals surface area contributed by atoms with Crippen molar-refractivity contribution >= 4 is 9.04 Å². The first kappa shape index (κ1) is 16.2. The van der Waals surface area contributed by atoms with Gasteiger partial charge in [0.25, 0.3) is 0 Å². The molecule has 0 amide bonds. The third kappa shape index (κ3) is 26.0. The molecule has 0 aliphatic heterocycles. The number of rotatable bonds is 0. The zero-order chi connectivity index (χ0) is 3.58. The molecule has 0 radical (unpaired) electrons. The predicted molar refractivity (Wildman–Crippen MR) is 17.5 cm³/mol. The van der Waals surface area contributed by atoms with E-state index >= 15 is 0 Å². The molecule has 0 aliphatic carbocycles.